The van der Waals surface area contributed by atoms with Gasteiger partial charge in [0.15, 0.2) is 0 Å². The van der Waals surface area contributed by atoms with Gasteiger partial charge in [-0.15, -0.1) is 0 Å². The standard InChI is InChI=1S/C23H24FN5O3S/c1-15(2)21(26-22-16-6-3-4-9-20(16)33(31,32)27-22)23(30)29-12-10-28(11-13-29)19-8-5-7-18(24)17(19)14-25/h3-9,15,21H,10-13H2,1-2H3,(H,26,27)/t21-/m0/s1. The quantitative estimate of drug-likeness (QED) is 0.738. The van der Waals surface area contributed by atoms with Crippen LogP contribution in [0.2, 0.25) is 0 Å². The van der Waals surface area contributed by atoms with E-state index in [4.69, 9.17) is 0 Å². The SMILES string of the molecule is CC(C)[C@H](N=C1NS(=O)(=O)c2ccccc21)C(=O)N1CCN(c2cccc(F)c2C#N)CC1. The van der Waals surface area contributed by atoms with Crippen LogP contribution in [0.3, 0.4) is 0 Å². The molecule has 2 aliphatic heterocycles. The highest BCUT2D eigenvalue weighted by molar-refractivity contribution is 7.90. The van der Waals surface area contributed by atoms with Crippen molar-refractivity contribution in [3.63, 3.8) is 0 Å². The third kappa shape index (κ3) is 4.28. The predicted octanol–water partition coefficient (Wildman–Crippen LogP) is 2.11. The van der Waals surface area contributed by atoms with E-state index in [1.54, 1.807) is 35.2 Å². The Kier molecular flexibility index (Phi) is 6.08. The van der Waals surface area contributed by atoms with Crippen LogP contribution in [0.1, 0.15) is 25.0 Å². The Morgan fingerprint density at radius 2 is 1.82 bits per heavy atom. The van der Waals surface area contributed by atoms with Gasteiger partial charge in [-0.05, 0) is 30.2 Å². The molecular weight excluding hydrogens is 445 g/mol. The monoisotopic (exact) mass is 469 g/mol. The van der Waals surface area contributed by atoms with Crippen LogP contribution in [0.25, 0.3) is 0 Å². The molecule has 1 N–H and O–H groups in total. The molecule has 2 aliphatic rings. The van der Waals surface area contributed by atoms with Gasteiger partial charge < -0.3 is 9.80 Å². The van der Waals surface area contributed by atoms with E-state index in [1.165, 1.54) is 12.1 Å². The van der Waals surface area contributed by atoms with Crippen molar-refractivity contribution in [3.05, 3.63) is 59.4 Å². The molecule has 1 amide bonds. The number of amidine groups is 1. The summed E-state index contributed by atoms with van der Waals surface area (Å²) in [6.45, 7) is 5.39. The van der Waals surface area contributed by atoms with Crippen LogP contribution >= 0.6 is 0 Å². The van der Waals surface area contributed by atoms with Crippen LogP contribution in [-0.2, 0) is 14.8 Å². The average molecular weight is 470 g/mol. The number of amides is 1. The molecule has 0 bridgehead atoms. The minimum atomic E-state index is -3.69. The summed E-state index contributed by atoms with van der Waals surface area (Å²) in [6.07, 6.45) is 0. The van der Waals surface area contributed by atoms with Crippen LogP contribution in [0.4, 0.5) is 10.1 Å². The number of halogens is 1. The molecular formula is C23H24FN5O3S. The zero-order valence-electron chi connectivity index (χ0n) is 18.3. The minimum absolute atomic E-state index is 0.00378. The van der Waals surface area contributed by atoms with Gasteiger partial charge in [0.1, 0.15) is 29.3 Å². The fourth-order valence-corrected chi connectivity index (χ4v) is 5.34. The third-order valence-electron chi connectivity index (χ3n) is 5.85. The summed E-state index contributed by atoms with van der Waals surface area (Å²) < 4.78 is 41.2. The summed E-state index contributed by atoms with van der Waals surface area (Å²) in [5.41, 5.74) is 0.967. The van der Waals surface area contributed by atoms with E-state index < -0.39 is 21.9 Å². The largest absolute Gasteiger partial charge is 0.367 e. The molecule has 8 nitrogen and oxygen atoms in total. The number of nitrogens with one attached hydrogen (secondary N) is 1. The number of hydrogen-bond acceptors (Lipinski definition) is 6. The van der Waals surface area contributed by atoms with Gasteiger partial charge in [0.05, 0.1) is 10.6 Å². The number of hydrogen-bond donors (Lipinski definition) is 1. The van der Waals surface area contributed by atoms with Crippen molar-refractivity contribution in [3.8, 4) is 6.07 Å². The summed E-state index contributed by atoms with van der Waals surface area (Å²) in [4.78, 5) is 21.6. The molecule has 2 aromatic carbocycles. The Labute approximate surface area is 192 Å². The van der Waals surface area contributed by atoms with Gasteiger partial charge >= 0.3 is 0 Å². The Hall–Kier alpha value is -3.45. The zero-order chi connectivity index (χ0) is 23.8. The number of nitriles is 1. The number of nitrogens with zero attached hydrogens (tertiary/aromatic N) is 4. The maximum absolute atomic E-state index is 14.0. The first-order chi connectivity index (χ1) is 15.7. The van der Waals surface area contributed by atoms with E-state index in [0.29, 0.717) is 37.4 Å². The molecule has 0 saturated carbocycles. The second kappa shape index (κ2) is 8.83. The number of anilines is 1. The lowest BCUT2D eigenvalue weighted by atomic mass is 10.0. The molecule has 172 valence electrons. The Morgan fingerprint density at radius 3 is 2.48 bits per heavy atom. The van der Waals surface area contributed by atoms with Crippen LogP contribution in [0.15, 0.2) is 52.4 Å². The number of rotatable bonds is 4. The number of benzene rings is 2. The maximum Gasteiger partial charge on any atom is 0.263 e. The first kappa shape index (κ1) is 22.7. The minimum Gasteiger partial charge on any atom is -0.367 e. The molecule has 10 heteroatoms. The van der Waals surface area contributed by atoms with Gasteiger partial charge in [-0.3, -0.25) is 14.5 Å². The van der Waals surface area contributed by atoms with Crippen molar-refractivity contribution >= 4 is 27.5 Å². The topological polar surface area (TPSA) is 106 Å². The van der Waals surface area contributed by atoms with Gasteiger partial charge in [0, 0.05) is 31.7 Å². The molecule has 0 spiro atoms. The van der Waals surface area contributed by atoms with E-state index in [1.807, 2.05) is 24.8 Å². The van der Waals surface area contributed by atoms with E-state index in [0.717, 1.165) is 0 Å². The lowest BCUT2D eigenvalue weighted by Crippen LogP contribution is -2.52. The number of carbonyl (C=O) groups is 1. The molecule has 1 fully saturated rings. The normalized spacial score (nSPS) is 19.2. The zero-order valence-corrected chi connectivity index (χ0v) is 19.1. The fraction of sp³-hybridized carbons (Fsp3) is 0.348. The van der Waals surface area contributed by atoms with Crippen molar-refractivity contribution in [2.24, 2.45) is 10.9 Å². The smallest absolute Gasteiger partial charge is 0.263 e. The fourth-order valence-electron chi connectivity index (χ4n) is 4.10. The van der Waals surface area contributed by atoms with Gasteiger partial charge in [-0.25, -0.2) is 12.8 Å². The molecule has 4 rings (SSSR count). The Bertz CT molecular complexity index is 1260. The van der Waals surface area contributed by atoms with Gasteiger partial charge in [-0.1, -0.05) is 32.0 Å². The van der Waals surface area contributed by atoms with E-state index in [2.05, 4.69) is 9.71 Å². The molecule has 33 heavy (non-hydrogen) atoms. The third-order valence-corrected chi connectivity index (χ3v) is 7.25. The first-order valence-electron chi connectivity index (χ1n) is 10.7. The van der Waals surface area contributed by atoms with Crippen molar-refractivity contribution < 1.29 is 17.6 Å². The molecule has 2 aromatic rings. The summed E-state index contributed by atoms with van der Waals surface area (Å²) in [5, 5.41) is 9.30. The van der Waals surface area contributed by atoms with Crippen molar-refractivity contribution in [2.75, 3.05) is 31.1 Å². The molecule has 0 aliphatic carbocycles. The number of sulfonamides is 1. The van der Waals surface area contributed by atoms with E-state index in [9.17, 15) is 22.9 Å². The molecule has 0 radical (unpaired) electrons. The lowest BCUT2D eigenvalue weighted by molar-refractivity contribution is -0.133. The van der Waals surface area contributed by atoms with E-state index in [-0.39, 0.29) is 28.1 Å². The first-order valence-corrected chi connectivity index (χ1v) is 12.1. The highest BCUT2D eigenvalue weighted by Gasteiger charge is 2.34. The predicted molar refractivity (Wildman–Crippen MR) is 122 cm³/mol. The van der Waals surface area contributed by atoms with Crippen molar-refractivity contribution in [1.82, 2.24) is 9.62 Å². The highest BCUT2D eigenvalue weighted by atomic mass is 32.2. The summed E-state index contributed by atoms with van der Waals surface area (Å²) >= 11 is 0. The second-order valence-electron chi connectivity index (χ2n) is 8.33. The Balaban J connectivity index is 1.53. The van der Waals surface area contributed by atoms with Crippen LogP contribution in [-0.4, -0.2) is 57.3 Å². The van der Waals surface area contributed by atoms with Crippen LogP contribution in [0.5, 0.6) is 0 Å². The van der Waals surface area contributed by atoms with Gasteiger partial charge in [-0.2, -0.15) is 5.26 Å². The van der Waals surface area contributed by atoms with Gasteiger partial charge in [0.25, 0.3) is 10.0 Å². The molecule has 0 unspecified atom stereocenters. The number of aliphatic imine (C=N–C) groups is 1. The molecule has 2 heterocycles. The average Bonchev–Trinajstić information content (AvgIpc) is 3.07. The number of fused-ring (bicyclic) bond motifs is 1. The summed E-state index contributed by atoms with van der Waals surface area (Å²) in [7, 11) is -3.69. The summed E-state index contributed by atoms with van der Waals surface area (Å²) in [6, 6.07) is 12.2. The molecule has 1 atom stereocenters. The molecule has 0 aromatic heterocycles. The van der Waals surface area contributed by atoms with Crippen LogP contribution in [0, 0.1) is 23.1 Å². The van der Waals surface area contributed by atoms with E-state index >= 15 is 0 Å². The highest BCUT2D eigenvalue weighted by Crippen LogP contribution is 2.26. The number of piperazine rings is 1. The van der Waals surface area contributed by atoms with Crippen molar-refractivity contribution in [1.29, 1.82) is 5.26 Å². The van der Waals surface area contributed by atoms with Crippen LogP contribution < -0.4 is 9.62 Å². The Morgan fingerprint density at radius 1 is 1.12 bits per heavy atom. The maximum atomic E-state index is 14.0. The van der Waals surface area contributed by atoms with Crippen molar-refractivity contribution in [2.45, 2.75) is 24.8 Å². The second-order valence-corrected chi connectivity index (χ2v) is 9.98. The summed E-state index contributed by atoms with van der Waals surface area (Å²) in [5.74, 6) is -0.743. The van der Waals surface area contributed by atoms with Gasteiger partial charge in [0.2, 0.25) is 5.91 Å². The number of carbonyl (C=O) groups excluding carboxylic acids is 1. The molecule has 1 saturated heterocycles. The lowest BCUT2D eigenvalue weighted by Gasteiger charge is -2.38.